The Balaban J connectivity index is 1.52. The van der Waals surface area contributed by atoms with Crippen molar-refractivity contribution in [3.05, 3.63) is 29.8 Å². The van der Waals surface area contributed by atoms with Gasteiger partial charge in [-0.2, -0.15) is 0 Å². The molecule has 2 aliphatic rings. The summed E-state index contributed by atoms with van der Waals surface area (Å²) in [6, 6.07) is 8.23. The van der Waals surface area contributed by atoms with E-state index in [4.69, 9.17) is 9.84 Å². The molecule has 0 spiro atoms. The van der Waals surface area contributed by atoms with Crippen LogP contribution in [0.15, 0.2) is 24.3 Å². The predicted octanol–water partition coefficient (Wildman–Crippen LogP) is 2.66. The van der Waals surface area contributed by atoms with Crippen molar-refractivity contribution in [3.8, 4) is 5.75 Å². The van der Waals surface area contributed by atoms with Crippen LogP contribution in [0.5, 0.6) is 5.75 Å². The van der Waals surface area contributed by atoms with Crippen LogP contribution < -0.4 is 4.74 Å². The van der Waals surface area contributed by atoms with Gasteiger partial charge in [-0.3, -0.25) is 9.59 Å². The average molecular weight is 317 g/mol. The lowest BCUT2D eigenvalue weighted by Gasteiger charge is -2.28. The number of para-hydroxylation sites is 1. The van der Waals surface area contributed by atoms with E-state index in [2.05, 4.69) is 12.1 Å². The van der Waals surface area contributed by atoms with E-state index >= 15 is 0 Å². The van der Waals surface area contributed by atoms with E-state index in [1.54, 1.807) is 4.90 Å². The van der Waals surface area contributed by atoms with E-state index in [1.165, 1.54) is 24.8 Å². The van der Waals surface area contributed by atoms with Gasteiger partial charge < -0.3 is 14.7 Å². The number of carbonyl (C=O) groups is 2. The van der Waals surface area contributed by atoms with Crippen molar-refractivity contribution in [1.29, 1.82) is 0 Å². The minimum Gasteiger partial charge on any atom is -0.493 e. The molecule has 1 heterocycles. The number of likely N-dealkylation sites (tertiary alicyclic amines) is 1. The molecule has 1 aliphatic carbocycles. The third-order valence-electron chi connectivity index (χ3n) is 4.88. The van der Waals surface area contributed by atoms with E-state index in [0.717, 1.165) is 12.2 Å². The average Bonchev–Trinajstić information content (AvgIpc) is 2.93. The Hall–Kier alpha value is -2.04. The van der Waals surface area contributed by atoms with Crippen LogP contribution in [0.4, 0.5) is 0 Å². The van der Waals surface area contributed by atoms with Gasteiger partial charge in [-0.05, 0) is 36.8 Å². The van der Waals surface area contributed by atoms with E-state index < -0.39 is 12.4 Å². The minimum atomic E-state index is -1.07. The topological polar surface area (TPSA) is 66.8 Å². The van der Waals surface area contributed by atoms with E-state index in [9.17, 15) is 9.59 Å². The first-order valence-electron chi connectivity index (χ1n) is 8.35. The summed E-state index contributed by atoms with van der Waals surface area (Å²) in [6.07, 6.45) is 4.22. The minimum absolute atomic E-state index is 0.280. The van der Waals surface area contributed by atoms with Crippen LogP contribution in [0.25, 0.3) is 0 Å². The highest BCUT2D eigenvalue weighted by Gasteiger charge is 2.28. The van der Waals surface area contributed by atoms with Crippen molar-refractivity contribution in [1.82, 2.24) is 4.90 Å². The summed E-state index contributed by atoms with van der Waals surface area (Å²) in [5.74, 6) is 0.511. The molecule has 23 heavy (non-hydrogen) atoms. The molecule has 5 heteroatoms. The van der Waals surface area contributed by atoms with Gasteiger partial charge >= 0.3 is 5.97 Å². The molecular weight excluding hydrogens is 294 g/mol. The molecule has 0 bridgehead atoms. The Bertz CT molecular complexity index is 582. The number of ether oxygens (including phenoxy) is 1. The zero-order valence-electron chi connectivity index (χ0n) is 13.2. The van der Waals surface area contributed by atoms with Gasteiger partial charge in [0.05, 0.1) is 6.61 Å². The second kappa shape index (κ2) is 7.02. The fourth-order valence-electron chi connectivity index (χ4n) is 3.31. The van der Waals surface area contributed by atoms with Gasteiger partial charge in [-0.15, -0.1) is 0 Å². The monoisotopic (exact) mass is 317 g/mol. The largest absolute Gasteiger partial charge is 0.493 e. The molecular formula is C18H23NO4. The smallest absolute Gasteiger partial charge is 0.312 e. The quantitative estimate of drug-likeness (QED) is 0.819. The molecule has 0 radical (unpaired) electrons. The zero-order valence-corrected chi connectivity index (χ0v) is 13.2. The zero-order chi connectivity index (χ0) is 16.2. The van der Waals surface area contributed by atoms with Gasteiger partial charge in [-0.1, -0.05) is 24.6 Å². The normalized spacial score (nSPS) is 21.0. The summed E-state index contributed by atoms with van der Waals surface area (Å²) in [5.41, 5.74) is 1.30. The Morgan fingerprint density at radius 3 is 2.70 bits per heavy atom. The molecule has 1 aliphatic heterocycles. The highest BCUT2D eigenvalue weighted by molar-refractivity contribution is 5.93. The maximum Gasteiger partial charge on any atom is 0.312 e. The van der Waals surface area contributed by atoms with Crippen LogP contribution in [0, 0.1) is 5.92 Å². The predicted molar refractivity (Wildman–Crippen MR) is 85.5 cm³/mol. The molecule has 1 unspecified atom stereocenters. The van der Waals surface area contributed by atoms with E-state index in [1.807, 2.05) is 12.1 Å². The molecule has 1 saturated carbocycles. The molecule has 5 nitrogen and oxygen atoms in total. The van der Waals surface area contributed by atoms with Crippen LogP contribution in [0.3, 0.4) is 0 Å². The fraction of sp³-hybridized carbons (Fsp3) is 0.556. The Kier molecular flexibility index (Phi) is 4.84. The number of carboxylic acid groups (broad SMARTS) is 1. The number of rotatable bonds is 6. The van der Waals surface area contributed by atoms with E-state index in [0.29, 0.717) is 25.6 Å². The van der Waals surface area contributed by atoms with Gasteiger partial charge in [0.2, 0.25) is 5.91 Å². The Labute approximate surface area is 136 Å². The van der Waals surface area contributed by atoms with Gasteiger partial charge in [-0.25, -0.2) is 0 Å². The van der Waals surface area contributed by atoms with Gasteiger partial charge in [0.25, 0.3) is 0 Å². The summed E-state index contributed by atoms with van der Waals surface area (Å²) < 4.78 is 6.03. The molecule has 2 fully saturated rings. The molecule has 1 atom stereocenters. The van der Waals surface area contributed by atoms with Crippen molar-refractivity contribution < 1.29 is 19.4 Å². The SMILES string of the molecule is O=C(O)CC(=O)N1CCC(COc2ccccc2C2CCC2)C1. The number of benzene rings is 1. The van der Waals surface area contributed by atoms with Gasteiger partial charge in [0, 0.05) is 19.0 Å². The molecule has 3 rings (SSSR count). The first-order valence-corrected chi connectivity index (χ1v) is 8.35. The number of aliphatic carboxylic acids is 1. The van der Waals surface area contributed by atoms with Crippen molar-refractivity contribution in [2.75, 3.05) is 19.7 Å². The van der Waals surface area contributed by atoms with Crippen molar-refractivity contribution in [3.63, 3.8) is 0 Å². The third kappa shape index (κ3) is 3.84. The number of hydrogen-bond acceptors (Lipinski definition) is 3. The summed E-state index contributed by atoms with van der Waals surface area (Å²) >= 11 is 0. The van der Waals surface area contributed by atoms with Gasteiger partial charge in [0.1, 0.15) is 12.2 Å². The summed E-state index contributed by atoms with van der Waals surface area (Å²) in [5, 5.41) is 8.70. The Morgan fingerprint density at radius 2 is 2.00 bits per heavy atom. The van der Waals surface area contributed by atoms with E-state index in [-0.39, 0.29) is 11.8 Å². The summed E-state index contributed by atoms with van der Waals surface area (Å²) in [4.78, 5) is 24.0. The molecule has 124 valence electrons. The number of carbonyl (C=O) groups excluding carboxylic acids is 1. The lowest BCUT2D eigenvalue weighted by Crippen LogP contribution is -2.31. The highest BCUT2D eigenvalue weighted by atomic mass is 16.5. The first kappa shape index (κ1) is 15.8. The first-order chi connectivity index (χ1) is 11.1. The standard InChI is InChI=1S/C18H23NO4/c20-17(10-18(21)22)19-9-8-13(11-19)12-23-16-7-2-1-6-15(16)14-4-3-5-14/h1-2,6-7,13-14H,3-5,8-12H2,(H,21,22). The van der Waals surface area contributed by atoms with Crippen molar-refractivity contribution in [2.45, 2.75) is 38.0 Å². The van der Waals surface area contributed by atoms with Crippen LogP contribution in [-0.2, 0) is 9.59 Å². The summed E-state index contributed by atoms with van der Waals surface area (Å²) in [6.45, 7) is 1.81. The lowest BCUT2D eigenvalue weighted by molar-refractivity contribution is -0.143. The maximum atomic E-state index is 11.8. The number of nitrogens with zero attached hydrogens (tertiary/aromatic N) is 1. The summed E-state index contributed by atoms with van der Waals surface area (Å²) in [7, 11) is 0. The van der Waals surface area contributed by atoms with Crippen LogP contribution in [-0.4, -0.2) is 41.6 Å². The molecule has 1 N–H and O–H groups in total. The molecule has 0 aromatic heterocycles. The highest BCUT2D eigenvalue weighted by Crippen LogP contribution is 2.40. The van der Waals surface area contributed by atoms with Crippen LogP contribution >= 0.6 is 0 Å². The second-order valence-electron chi connectivity index (χ2n) is 6.54. The van der Waals surface area contributed by atoms with Crippen LogP contribution in [0.2, 0.25) is 0 Å². The van der Waals surface area contributed by atoms with Gasteiger partial charge in [0.15, 0.2) is 0 Å². The number of carboxylic acids is 1. The molecule has 1 aromatic carbocycles. The molecule has 1 amide bonds. The van der Waals surface area contributed by atoms with Crippen LogP contribution in [0.1, 0.15) is 43.6 Å². The molecule has 1 saturated heterocycles. The number of hydrogen-bond donors (Lipinski definition) is 1. The van der Waals surface area contributed by atoms with Crippen molar-refractivity contribution >= 4 is 11.9 Å². The lowest BCUT2D eigenvalue weighted by atomic mass is 9.80. The maximum absolute atomic E-state index is 11.8. The number of amides is 1. The molecule has 1 aromatic rings. The van der Waals surface area contributed by atoms with Crippen molar-refractivity contribution in [2.24, 2.45) is 5.92 Å². The fourth-order valence-corrected chi connectivity index (χ4v) is 3.31. The third-order valence-corrected chi connectivity index (χ3v) is 4.88. The second-order valence-corrected chi connectivity index (χ2v) is 6.54. The Morgan fingerprint density at radius 1 is 1.22 bits per heavy atom.